The number of aromatic nitrogens is 2. The van der Waals surface area contributed by atoms with Gasteiger partial charge in [0.1, 0.15) is 5.82 Å². The number of hydrogen-bond acceptors (Lipinski definition) is 3. The number of anilines is 2. The van der Waals surface area contributed by atoms with Crippen LogP contribution in [-0.4, -0.2) is 21.7 Å². The van der Waals surface area contributed by atoms with Gasteiger partial charge in [0, 0.05) is 6.07 Å². The molecule has 0 fully saturated rings. The Bertz CT molecular complexity index is 1130. The van der Waals surface area contributed by atoms with E-state index < -0.39 is 35.1 Å². The van der Waals surface area contributed by atoms with Gasteiger partial charge in [0.15, 0.2) is 17.5 Å². The number of benzene rings is 2. The Kier molecular flexibility index (Phi) is 7.14. The van der Waals surface area contributed by atoms with Gasteiger partial charge in [-0.15, -0.1) is 0 Å². The highest BCUT2D eigenvalue weighted by Crippen LogP contribution is 2.22. The van der Waals surface area contributed by atoms with Gasteiger partial charge in [-0.1, -0.05) is 25.5 Å². The van der Waals surface area contributed by atoms with Crippen LogP contribution in [0.15, 0.2) is 42.5 Å². The zero-order valence-electron chi connectivity index (χ0n) is 17.3. The van der Waals surface area contributed by atoms with E-state index in [1.165, 1.54) is 4.68 Å². The topological polar surface area (TPSA) is 102 Å². The second-order valence-electron chi connectivity index (χ2n) is 7.15. The standard InChI is InChI=1S/C22H22F3N5O2/c1-2-3-4-14-12-19(28-22(32)27-17-10-9-16(23)20(24)21(17)25)30(29-14)15-7-5-13(6-8-15)11-18(26)31/h5-10,12H,2-4,11H2,1H3,(H2,26,31)(H2,27,28,32). The number of carbonyl (C=O) groups excluding carboxylic acids is 2. The number of nitrogens with one attached hydrogen (secondary N) is 2. The van der Waals surface area contributed by atoms with Crippen molar-refractivity contribution >= 4 is 23.4 Å². The van der Waals surface area contributed by atoms with Crippen LogP contribution in [0.1, 0.15) is 31.0 Å². The van der Waals surface area contributed by atoms with Gasteiger partial charge in [-0.25, -0.2) is 22.6 Å². The summed E-state index contributed by atoms with van der Waals surface area (Å²) in [6.07, 6.45) is 2.61. The van der Waals surface area contributed by atoms with Crippen molar-refractivity contribution in [3.63, 3.8) is 0 Å². The summed E-state index contributed by atoms with van der Waals surface area (Å²) in [6.45, 7) is 2.04. The molecule has 3 aromatic rings. The first kappa shape index (κ1) is 22.9. The quantitative estimate of drug-likeness (QED) is 0.451. The lowest BCUT2D eigenvalue weighted by Crippen LogP contribution is -2.22. The minimum Gasteiger partial charge on any atom is -0.369 e. The molecule has 2 aromatic carbocycles. The van der Waals surface area contributed by atoms with Gasteiger partial charge >= 0.3 is 6.03 Å². The van der Waals surface area contributed by atoms with Crippen LogP contribution in [0.25, 0.3) is 5.69 Å². The lowest BCUT2D eigenvalue weighted by molar-refractivity contribution is -0.117. The molecule has 1 aromatic heterocycles. The summed E-state index contributed by atoms with van der Waals surface area (Å²) in [4.78, 5) is 23.5. The molecule has 32 heavy (non-hydrogen) atoms. The molecule has 0 radical (unpaired) electrons. The van der Waals surface area contributed by atoms with Crippen molar-refractivity contribution in [1.82, 2.24) is 9.78 Å². The highest BCUT2D eigenvalue weighted by Gasteiger charge is 2.17. The first-order chi connectivity index (χ1) is 15.3. The average molecular weight is 445 g/mol. The maximum atomic E-state index is 13.9. The fourth-order valence-electron chi connectivity index (χ4n) is 3.04. The molecule has 0 aliphatic rings. The third-order valence-electron chi connectivity index (χ3n) is 4.63. The Balaban J connectivity index is 1.84. The van der Waals surface area contributed by atoms with Crippen molar-refractivity contribution in [2.75, 3.05) is 10.6 Å². The number of nitrogens with two attached hydrogens (primary N) is 1. The molecule has 0 aliphatic heterocycles. The fraction of sp³-hybridized carbons (Fsp3) is 0.227. The maximum Gasteiger partial charge on any atom is 0.324 e. The summed E-state index contributed by atoms with van der Waals surface area (Å²) < 4.78 is 41.9. The number of hydrogen-bond donors (Lipinski definition) is 3. The normalized spacial score (nSPS) is 10.8. The van der Waals surface area contributed by atoms with Crippen LogP contribution >= 0.6 is 0 Å². The largest absolute Gasteiger partial charge is 0.369 e. The monoisotopic (exact) mass is 445 g/mol. The highest BCUT2D eigenvalue weighted by atomic mass is 19.2. The van der Waals surface area contributed by atoms with Crippen molar-refractivity contribution in [1.29, 1.82) is 0 Å². The molecule has 3 amide bonds. The third-order valence-corrected chi connectivity index (χ3v) is 4.63. The highest BCUT2D eigenvalue weighted by molar-refractivity contribution is 5.99. The fourth-order valence-corrected chi connectivity index (χ4v) is 3.04. The van der Waals surface area contributed by atoms with E-state index in [0.29, 0.717) is 17.9 Å². The summed E-state index contributed by atoms with van der Waals surface area (Å²) >= 11 is 0. The van der Waals surface area contributed by atoms with Crippen LogP contribution in [0, 0.1) is 17.5 Å². The number of aryl methyl sites for hydroxylation is 1. The molecule has 7 nitrogen and oxygen atoms in total. The van der Waals surface area contributed by atoms with Crippen molar-refractivity contribution in [2.24, 2.45) is 5.73 Å². The Morgan fingerprint density at radius 2 is 1.75 bits per heavy atom. The number of carbonyl (C=O) groups is 2. The molecule has 0 aliphatic carbocycles. The van der Waals surface area contributed by atoms with E-state index in [9.17, 15) is 22.8 Å². The number of unbranched alkanes of at least 4 members (excludes halogenated alkanes) is 1. The van der Waals surface area contributed by atoms with E-state index >= 15 is 0 Å². The number of urea groups is 1. The van der Waals surface area contributed by atoms with E-state index in [1.807, 2.05) is 6.92 Å². The molecule has 168 valence electrons. The predicted molar refractivity (Wildman–Crippen MR) is 114 cm³/mol. The average Bonchev–Trinajstić information content (AvgIpc) is 3.15. The second kappa shape index (κ2) is 9.99. The lowest BCUT2D eigenvalue weighted by atomic mass is 10.1. The molecule has 0 saturated heterocycles. The van der Waals surface area contributed by atoms with Gasteiger partial charge in [-0.3, -0.25) is 10.1 Å². The van der Waals surface area contributed by atoms with E-state index in [4.69, 9.17) is 5.73 Å². The summed E-state index contributed by atoms with van der Waals surface area (Å²) in [7, 11) is 0. The van der Waals surface area contributed by atoms with Crippen LogP contribution in [0.2, 0.25) is 0 Å². The van der Waals surface area contributed by atoms with E-state index in [0.717, 1.165) is 36.2 Å². The van der Waals surface area contributed by atoms with Crippen LogP contribution in [0.3, 0.4) is 0 Å². The molecule has 4 N–H and O–H groups in total. The Labute approximate surface area is 182 Å². The molecule has 0 saturated carbocycles. The SMILES string of the molecule is CCCCc1cc(NC(=O)Nc2ccc(F)c(F)c2F)n(-c2ccc(CC(N)=O)cc2)n1. The molecule has 0 atom stereocenters. The molecule has 3 rings (SSSR count). The van der Waals surface area contributed by atoms with Gasteiger partial charge < -0.3 is 11.1 Å². The Morgan fingerprint density at radius 1 is 1.03 bits per heavy atom. The summed E-state index contributed by atoms with van der Waals surface area (Å²) in [5.41, 5.74) is 6.76. The Hall–Kier alpha value is -3.82. The molecule has 10 heteroatoms. The molecule has 0 spiro atoms. The number of halogens is 3. The van der Waals surface area contributed by atoms with Gasteiger partial charge in [0.2, 0.25) is 5.91 Å². The second-order valence-corrected chi connectivity index (χ2v) is 7.15. The van der Waals surface area contributed by atoms with Gasteiger partial charge in [0.05, 0.1) is 23.5 Å². The number of amides is 3. The number of rotatable bonds is 8. The summed E-state index contributed by atoms with van der Waals surface area (Å²) in [5.74, 6) is -4.69. The van der Waals surface area contributed by atoms with Crippen molar-refractivity contribution in [3.05, 3.63) is 71.2 Å². The molecule has 1 heterocycles. The molecule has 0 bridgehead atoms. The molecule has 0 unspecified atom stereocenters. The van der Waals surface area contributed by atoms with E-state index in [-0.39, 0.29) is 6.42 Å². The number of primary amides is 1. The minimum absolute atomic E-state index is 0.0917. The zero-order chi connectivity index (χ0) is 23.3. The Morgan fingerprint density at radius 3 is 2.41 bits per heavy atom. The minimum atomic E-state index is -1.68. The maximum absolute atomic E-state index is 13.9. The first-order valence-electron chi connectivity index (χ1n) is 9.96. The zero-order valence-corrected chi connectivity index (χ0v) is 17.3. The van der Waals surface area contributed by atoms with E-state index in [2.05, 4.69) is 15.7 Å². The third kappa shape index (κ3) is 5.45. The van der Waals surface area contributed by atoms with Crippen molar-refractivity contribution in [2.45, 2.75) is 32.6 Å². The predicted octanol–water partition coefficient (Wildman–Crippen LogP) is 4.30. The summed E-state index contributed by atoms with van der Waals surface area (Å²) in [5, 5.41) is 9.23. The van der Waals surface area contributed by atoms with Crippen LogP contribution in [-0.2, 0) is 17.6 Å². The molecular weight excluding hydrogens is 423 g/mol. The van der Waals surface area contributed by atoms with Gasteiger partial charge in [-0.05, 0) is 42.7 Å². The van der Waals surface area contributed by atoms with Crippen LogP contribution < -0.4 is 16.4 Å². The summed E-state index contributed by atoms with van der Waals surface area (Å²) in [6, 6.07) is 9.32. The van der Waals surface area contributed by atoms with Crippen molar-refractivity contribution in [3.8, 4) is 5.69 Å². The first-order valence-corrected chi connectivity index (χ1v) is 9.96. The number of nitrogens with zero attached hydrogens (tertiary/aromatic N) is 2. The van der Waals surface area contributed by atoms with Gasteiger partial charge in [-0.2, -0.15) is 5.10 Å². The lowest BCUT2D eigenvalue weighted by Gasteiger charge is -2.11. The van der Waals surface area contributed by atoms with Crippen LogP contribution in [0.5, 0.6) is 0 Å². The van der Waals surface area contributed by atoms with Gasteiger partial charge in [0.25, 0.3) is 0 Å². The molecular formula is C22H22F3N5O2. The van der Waals surface area contributed by atoms with Crippen molar-refractivity contribution < 1.29 is 22.8 Å². The smallest absolute Gasteiger partial charge is 0.324 e. The van der Waals surface area contributed by atoms with E-state index in [1.54, 1.807) is 30.3 Å². The van der Waals surface area contributed by atoms with Crippen LogP contribution in [0.4, 0.5) is 29.5 Å².